The van der Waals surface area contributed by atoms with E-state index in [0.717, 1.165) is 12.2 Å². The first-order valence-corrected chi connectivity index (χ1v) is 5.72. The van der Waals surface area contributed by atoms with Crippen LogP contribution in [-0.4, -0.2) is 48.8 Å². The SMILES string of the molecule is COc1cc(C)nc(NC(=O)C2CNCCO2)n1. The lowest BCUT2D eigenvalue weighted by atomic mass is 10.3. The van der Waals surface area contributed by atoms with E-state index in [4.69, 9.17) is 9.47 Å². The molecule has 7 nitrogen and oxygen atoms in total. The van der Waals surface area contributed by atoms with Gasteiger partial charge in [-0.3, -0.25) is 10.1 Å². The minimum absolute atomic E-state index is 0.228. The molecule has 0 spiro atoms. The molecule has 1 amide bonds. The molecule has 2 rings (SSSR count). The second-order valence-corrected chi connectivity index (χ2v) is 3.93. The van der Waals surface area contributed by atoms with Crippen molar-refractivity contribution in [2.24, 2.45) is 0 Å². The van der Waals surface area contributed by atoms with Gasteiger partial charge < -0.3 is 14.8 Å². The summed E-state index contributed by atoms with van der Waals surface area (Å²) in [5, 5.41) is 5.71. The molecule has 1 saturated heterocycles. The Bertz CT molecular complexity index is 432. The fourth-order valence-corrected chi connectivity index (χ4v) is 1.62. The van der Waals surface area contributed by atoms with E-state index in [2.05, 4.69) is 20.6 Å². The molecule has 98 valence electrons. The number of nitrogens with zero attached hydrogens (tertiary/aromatic N) is 2. The van der Waals surface area contributed by atoms with Crippen LogP contribution in [0.2, 0.25) is 0 Å². The summed E-state index contributed by atoms with van der Waals surface area (Å²) >= 11 is 0. The van der Waals surface area contributed by atoms with Gasteiger partial charge in [0.1, 0.15) is 6.10 Å². The van der Waals surface area contributed by atoms with Crippen molar-refractivity contribution < 1.29 is 14.3 Å². The van der Waals surface area contributed by atoms with Gasteiger partial charge in [-0.05, 0) is 6.92 Å². The number of carbonyl (C=O) groups is 1. The third-order valence-corrected chi connectivity index (χ3v) is 2.49. The summed E-state index contributed by atoms with van der Waals surface area (Å²) in [7, 11) is 1.52. The standard InChI is InChI=1S/C11H16N4O3/c1-7-5-9(17-2)14-11(13-7)15-10(16)8-6-12-3-4-18-8/h5,8,12H,3-4,6H2,1-2H3,(H,13,14,15,16). The van der Waals surface area contributed by atoms with E-state index in [1.165, 1.54) is 7.11 Å². The monoisotopic (exact) mass is 252 g/mol. The smallest absolute Gasteiger partial charge is 0.257 e. The van der Waals surface area contributed by atoms with Crippen LogP contribution < -0.4 is 15.4 Å². The molecule has 0 bridgehead atoms. The summed E-state index contributed by atoms with van der Waals surface area (Å²) < 4.78 is 10.4. The number of aromatic nitrogens is 2. The van der Waals surface area contributed by atoms with Gasteiger partial charge in [-0.25, -0.2) is 4.98 Å². The van der Waals surface area contributed by atoms with Crippen molar-refractivity contribution in [1.29, 1.82) is 0 Å². The Morgan fingerprint density at radius 1 is 1.61 bits per heavy atom. The topological polar surface area (TPSA) is 85.4 Å². The van der Waals surface area contributed by atoms with Crippen molar-refractivity contribution in [2.75, 3.05) is 32.1 Å². The highest BCUT2D eigenvalue weighted by molar-refractivity contribution is 5.93. The Balaban J connectivity index is 2.03. The van der Waals surface area contributed by atoms with E-state index in [-0.39, 0.29) is 11.9 Å². The molecule has 1 aliphatic heterocycles. The average Bonchev–Trinajstić information content (AvgIpc) is 2.39. The van der Waals surface area contributed by atoms with Crippen LogP contribution in [0.1, 0.15) is 5.69 Å². The molecule has 0 aliphatic carbocycles. The van der Waals surface area contributed by atoms with E-state index >= 15 is 0 Å². The molecular formula is C11H16N4O3. The summed E-state index contributed by atoms with van der Waals surface area (Å²) in [6.07, 6.45) is -0.506. The first-order valence-electron chi connectivity index (χ1n) is 5.72. The molecule has 0 radical (unpaired) electrons. The molecule has 2 N–H and O–H groups in total. The lowest BCUT2D eigenvalue weighted by molar-refractivity contribution is -0.128. The van der Waals surface area contributed by atoms with E-state index < -0.39 is 6.10 Å². The van der Waals surface area contributed by atoms with Crippen molar-refractivity contribution in [3.8, 4) is 5.88 Å². The Morgan fingerprint density at radius 3 is 3.11 bits per heavy atom. The van der Waals surface area contributed by atoms with Crippen molar-refractivity contribution in [3.63, 3.8) is 0 Å². The minimum Gasteiger partial charge on any atom is -0.481 e. The van der Waals surface area contributed by atoms with Crippen LogP contribution in [0.4, 0.5) is 5.95 Å². The molecule has 1 aromatic rings. The van der Waals surface area contributed by atoms with Gasteiger partial charge in [0.25, 0.3) is 5.91 Å². The maximum absolute atomic E-state index is 11.9. The number of aryl methyl sites for hydroxylation is 1. The zero-order valence-electron chi connectivity index (χ0n) is 10.4. The van der Waals surface area contributed by atoms with Crippen LogP contribution in [0.3, 0.4) is 0 Å². The van der Waals surface area contributed by atoms with Gasteiger partial charge in [0.15, 0.2) is 0 Å². The lowest BCUT2D eigenvalue weighted by Crippen LogP contribution is -2.45. The van der Waals surface area contributed by atoms with Crippen LogP contribution >= 0.6 is 0 Å². The average molecular weight is 252 g/mol. The highest BCUT2D eigenvalue weighted by atomic mass is 16.5. The number of amides is 1. The molecule has 1 atom stereocenters. The zero-order chi connectivity index (χ0) is 13.0. The second-order valence-electron chi connectivity index (χ2n) is 3.93. The minimum atomic E-state index is -0.506. The molecule has 0 aromatic carbocycles. The predicted molar refractivity (Wildman–Crippen MR) is 64.6 cm³/mol. The molecule has 7 heteroatoms. The largest absolute Gasteiger partial charge is 0.481 e. The summed E-state index contributed by atoms with van der Waals surface area (Å²) in [6, 6.07) is 1.69. The maximum Gasteiger partial charge on any atom is 0.257 e. The van der Waals surface area contributed by atoms with E-state index in [1.54, 1.807) is 13.0 Å². The van der Waals surface area contributed by atoms with Crippen molar-refractivity contribution in [3.05, 3.63) is 11.8 Å². The van der Waals surface area contributed by atoms with E-state index in [0.29, 0.717) is 19.0 Å². The predicted octanol–water partition coefficient (Wildman–Crippen LogP) is -0.279. The number of anilines is 1. The third-order valence-electron chi connectivity index (χ3n) is 2.49. The van der Waals surface area contributed by atoms with Crippen molar-refractivity contribution in [1.82, 2.24) is 15.3 Å². The molecule has 1 fully saturated rings. The number of hydrogen-bond acceptors (Lipinski definition) is 6. The summed E-state index contributed by atoms with van der Waals surface area (Å²) in [5.74, 6) is 0.390. The fourth-order valence-electron chi connectivity index (χ4n) is 1.62. The number of morpholine rings is 1. The van der Waals surface area contributed by atoms with E-state index in [9.17, 15) is 4.79 Å². The van der Waals surface area contributed by atoms with Gasteiger partial charge in [-0.2, -0.15) is 4.98 Å². The number of nitrogens with one attached hydrogen (secondary N) is 2. The first-order chi connectivity index (χ1) is 8.69. The highest BCUT2D eigenvalue weighted by Gasteiger charge is 2.22. The van der Waals surface area contributed by atoms with Crippen LogP contribution in [0, 0.1) is 6.92 Å². The Kier molecular flexibility index (Phi) is 4.06. The summed E-state index contributed by atoms with van der Waals surface area (Å²) in [6.45, 7) is 3.59. The zero-order valence-corrected chi connectivity index (χ0v) is 10.4. The van der Waals surface area contributed by atoms with Gasteiger partial charge in [0.2, 0.25) is 11.8 Å². The number of carbonyl (C=O) groups excluding carboxylic acids is 1. The summed E-state index contributed by atoms with van der Waals surface area (Å²) in [5.41, 5.74) is 0.722. The Labute approximate surface area is 105 Å². The number of rotatable bonds is 3. The molecule has 2 heterocycles. The van der Waals surface area contributed by atoms with Crippen molar-refractivity contribution >= 4 is 11.9 Å². The molecule has 18 heavy (non-hydrogen) atoms. The Hall–Kier alpha value is -1.73. The van der Waals surface area contributed by atoms with Gasteiger partial charge in [-0.1, -0.05) is 0 Å². The number of methoxy groups -OCH3 is 1. The van der Waals surface area contributed by atoms with Crippen molar-refractivity contribution in [2.45, 2.75) is 13.0 Å². The highest BCUT2D eigenvalue weighted by Crippen LogP contribution is 2.11. The lowest BCUT2D eigenvalue weighted by Gasteiger charge is -2.22. The number of hydrogen-bond donors (Lipinski definition) is 2. The van der Waals surface area contributed by atoms with Crippen LogP contribution in [-0.2, 0) is 9.53 Å². The van der Waals surface area contributed by atoms with Gasteiger partial charge >= 0.3 is 0 Å². The third kappa shape index (κ3) is 3.14. The van der Waals surface area contributed by atoms with Crippen LogP contribution in [0.15, 0.2) is 6.07 Å². The van der Waals surface area contributed by atoms with Crippen LogP contribution in [0.5, 0.6) is 5.88 Å². The number of ether oxygens (including phenoxy) is 2. The molecule has 0 saturated carbocycles. The maximum atomic E-state index is 11.9. The van der Waals surface area contributed by atoms with Gasteiger partial charge in [0, 0.05) is 24.8 Å². The second kappa shape index (κ2) is 5.74. The van der Waals surface area contributed by atoms with Crippen LogP contribution in [0.25, 0.3) is 0 Å². The van der Waals surface area contributed by atoms with Gasteiger partial charge in [0.05, 0.1) is 13.7 Å². The molecule has 1 aliphatic rings. The quantitative estimate of drug-likeness (QED) is 0.769. The molecule has 1 unspecified atom stereocenters. The molecule has 1 aromatic heterocycles. The summed E-state index contributed by atoms with van der Waals surface area (Å²) in [4.78, 5) is 20.0. The Morgan fingerprint density at radius 2 is 2.44 bits per heavy atom. The van der Waals surface area contributed by atoms with E-state index in [1.807, 2.05) is 0 Å². The fraction of sp³-hybridized carbons (Fsp3) is 0.545. The molecular weight excluding hydrogens is 236 g/mol. The normalized spacial score (nSPS) is 19.3. The first kappa shape index (κ1) is 12.7. The van der Waals surface area contributed by atoms with Gasteiger partial charge in [-0.15, -0.1) is 0 Å².